The number of nitrogens with zero attached hydrogens (tertiary/aromatic N) is 4. The topological polar surface area (TPSA) is 51.6 Å². The van der Waals surface area contributed by atoms with Gasteiger partial charge in [-0.05, 0) is 64.2 Å². The maximum Gasteiger partial charge on any atom is 0.160 e. The van der Waals surface area contributed by atoms with Crippen LogP contribution in [0.15, 0.2) is 157 Å². The number of rotatable bonds is 6. The van der Waals surface area contributed by atoms with E-state index in [0.29, 0.717) is 5.82 Å². The van der Waals surface area contributed by atoms with Crippen molar-refractivity contribution < 1.29 is 0 Å². The van der Waals surface area contributed by atoms with Crippen LogP contribution in [0.5, 0.6) is 0 Å². The van der Waals surface area contributed by atoms with Gasteiger partial charge in [0.05, 0.1) is 11.4 Å². The van der Waals surface area contributed by atoms with Gasteiger partial charge in [-0.1, -0.05) is 107 Å². The van der Waals surface area contributed by atoms with Gasteiger partial charge in [0.2, 0.25) is 0 Å². The van der Waals surface area contributed by atoms with Gasteiger partial charge in [0.15, 0.2) is 5.82 Å². The van der Waals surface area contributed by atoms with Crippen LogP contribution >= 0.6 is 15.9 Å². The summed E-state index contributed by atoms with van der Waals surface area (Å²) in [6, 6.07) is 43.7. The Kier molecular flexibility index (Phi) is 7.38. The van der Waals surface area contributed by atoms with Crippen LogP contribution in [0.3, 0.4) is 0 Å². The molecule has 7 rings (SSSR count). The van der Waals surface area contributed by atoms with E-state index in [1.807, 2.05) is 30.6 Å². The lowest BCUT2D eigenvalue weighted by molar-refractivity contribution is 1.18. The summed E-state index contributed by atoms with van der Waals surface area (Å²) < 4.78 is 0.971. The molecule has 0 spiro atoms. The summed E-state index contributed by atoms with van der Waals surface area (Å²) in [6.45, 7) is 0. The molecule has 0 saturated heterocycles. The van der Waals surface area contributed by atoms with E-state index in [0.717, 1.165) is 60.4 Å². The Morgan fingerprint density at radius 3 is 1.49 bits per heavy atom. The molecule has 0 saturated carbocycles. The van der Waals surface area contributed by atoms with Crippen LogP contribution in [0.25, 0.3) is 67.3 Å². The predicted molar refractivity (Wildman–Crippen MR) is 178 cm³/mol. The summed E-state index contributed by atoms with van der Waals surface area (Å²) >= 11 is 3.73. The lowest BCUT2D eigenvalue weighted by Crippen LogP contribution is -1.96. The molecule has 4 aromatic carbocycles. The zero-order valence-electron chi connectivity index (χ0n) is 23.1. The van der Waals surface area contributed by atoms with E-state index in [2.05, 4.69) is 135 Å². The van der Waals surface area contributed by atoms with Crippen LogP contribution in [0.4, 0.5) is 0 Å². The van der Waals surface area contributed by atoms with Crippen molar-refractivity contribution in [2.24, 2.45) is 0 Å². The molecule has 204 valence electrons. The smallest absolute Gasteiger partial charge is 0.160 e. The molecule has 0 radical (unpaired) electrons. The summed E-state index contributed by atoms with van der Waals surface area (Å²) in [6.07, 6.45) is 7.32. The van der Waals surface area contributed by atoms with Crippen LogP contribution in [0.2, 0.25) is 0 Å². The highest BCUT2D eigenvalue weighted by molar-refractivity contribution is 9.10. The highest BCUT2D eigenvalue weighted by Gasteiger charge is 2.13. The number of pyridine rings is 2. The molecule has 43 heavy (non-hydrogen) atoms. The third kappa shape index (κ3) is 5.89. The molecule has 7 aromatic rings. The third-order valence-electron chi connectivity index (χ3n) is 7.34. The standard InChI is InChI=1S/C38H25BrN4/c39-35-21-33(32-9-5-19-41-25-32)20-34(22-35)37-23-36(29-14-10-27(11-15-29)26-6-2-1-3-7-26)42-38(43-37)30-16-12-28(13-17-30)31-8-4-18-40-24-31/h1-25H. The number of hydrogen-bond acceptors (Lipinski definition) is 4. The average molecular weight is 618 g/mol. The molecule has 0 unspecified atom stereocenters. The summed E-state index contributed by atoms with van der Waals surface area (Å²) in [7, 11) is 0. The third-order valence-corrected chi connectivity index (χ3v) is 7.80. The normalized spacial score (nSPS) is 10.9. The van der Waals surface area contributed by atoms with Crippen LogP contribution in [-0.4, -0.2) is 19.9 Å². The van der Waals surface area contributed by atoms with E-state index in [1.54, 1.807) is 12.4 Å². The van der Waals surface area contributed by atoms with E-state index in [9.17, 15) is 0 Å². The Bertz CT molecular complexity index is 1890. The first kappa shape index (κ1) is 26.6. The van der Waals surface area contributed by atoms with E-state index in [1.165, 1.54) is 5.56 Å². The second-order valence-corrected chi connectivity index (χ2v) is 11.1. The van der Waals surface area contributed by atoms with Gasteiger partial charge >= 0.3 is 0 Å². The number of aromatic nitrogens is 4. The highest BCUT2D eigenvalue weighted by atomic mass is 79.9. The molecule has 0 N–H and O–H groups in total. The Hall–Kier alpha value is -5.26. The van der Waals surface area contributed by atoms with E-state index in [-0.39, 0.29) is 0 Å². The molecule has 0 aliphatic carbocycles. The minimum atomic E-state index is 0.667. The molecule has 5 heteroatoms. The number of hydrogen-bond donors (Lipinski definition) is 0. The van der Waals surface area contributed by atoms with Crippen molar-refractivity contribution in [3.8, 4) is 67.3 Å². The molecule has 0 aliphatic rings. The Labute approximate surface area is 259 Å². The van der Waals surface area contributed by atoms with Crippen LogP contribution < -0.4 is 0 Å². The highest BCUT2D eigenvalue weighted by Crippen LogP contribution is 2.33. The quantitative estimate of drug-likeness (QED) is 0.186. The molecule has 3 heterocycles. The van der Waals surface area contributed by atoms with Crippen molar-refractivity contribution in [2.45, 2.75) is 0 Å². The lowest BCUT2D eigenvalue weighted by Gasteiger charge is -2.12. The van der Waals surface area contributed by atoms with Gasteiger partial charge in [0.25, 0.3) is 0 Å². The monoisotopic (exact) mass is 616 g/mol. The van der Waals surface area contributed by atoms with Gasteiger partial charge in [-0.15, -0.1) is 0 Å². The van der Waals surface area contributed by atoms with Crippen molar-refractivity contribution in [3.05, 3.63) is 157 Å². The Morgan fingerprint density at radius 1 is 0.372 bits per heavy atom. The van der Waals surface area contributed by atoms with Crippen molar-refractivity contribution in [2.75, 3.05) is 0 Å². The molecule has 4 nitrogen and oxygen atoms in total. The fourth-order valence-corrected chi connectivity index (χ4v) is 5.61. The SMILES string of the molecule is Brc1cc(-c2cccnc2)cc(-c2cc(-c3ccc(-c4ccccc4)cc3)nc(-c3ccc(-c4cccnc4)cc3)n2)c1. The van der Waals surface area contributed by atoms with Gasteiger partial charge in [0, 0.05) is 51.5 Å². The van der Waals surface area contributed by atoms with Gasteiger partial charge in [0.1, 0.15) is 0 Å². The Morgan fingerprint density at radius 2 is 0.860 bits per heavy atom. The molecule has 0 atom stereocenters. The minimum Gasteiger partial charge on any atom is -0.264 e. The van der Waals surface area contributed by atoms with Crippen molar-refractivity contribution in [1.82, 2.24) is 19.9 Å². The van der Waals surface area contributed by atoms with E-state index >= 15 is 0 Å². The predicted octanol–water partition coefficient (Wildman–Crippen LogP) is 10.0. The molecule has 0 aliphatic heterocycles. The number of halogens is 1. The van der Waals surface area contributed by atoms with Crippen molar-refractivity contribution in [1.29, 1.82) is 0 Å². The van der Waals surface area contributed by atoms with Gasteiger partial charge < -0.3 is 0 Å². The lowest BCUT2D eigenvalue weighted by atomic mass is 10.00. The van der Waals surface area contributed by atoms with Crippen LogP contribution in [-0.2, 0) is 0 Å². The first-order valence-electron chi connectivity index (χ1n) is 14.0. The molecule has 0 bridgehead atoms. The van der Waals surface area contributed by atoms with Gasteiger partial charge in [-0.25, -0.2) is 9.97 Å². The fourth-order valence-electron chi connectivity index (χ4n) is 5.12. The minimum absolute atomic E-state index is 0.667. The van der Waals surface area contributed by atoms with Gasteiger partial charge in [-0.3, -0.25) is 9.97 Å². The second kappa shape index (κ2) is 11.9. The van der Waals surface area contributed by atoms with E-state index in [4.69, 9.17) is 9.97 Å². The molecule has 3 aromatic heterocycles. The molecular weight excluding hydrogens is 592 g/mol. The zero-order valence-corrected chi connectivity index (χ0v) is 24.7. The zero-order chi connectivity index (χ0) is 29.0. The summed E-state index contributed by atoms with van der Waals surface area (Å²) in [5.41, 5.74) is 11.3. The van der Waals surface area contributed by atoms with Gasteiger partial charge in [-0.2, -0.15) is 0 Å². The Balaban J connectivity index is 1.34. The molecule has 0 amide bonds. The molecular formula is C38H25BrN4. The largest absolute Gasteiger partial charge is 0.264 e. The second-order valence-electron chi connectivity index (χ2n) is 10.2. The van der Waals surface area contributed by atoms with Crippen LogP contribution in [0.1, 0.15) is 0 Å². The van der Waals surface area contributed by atoms with E-state index < -0.39 is 0 Å². The summed E-state index contributed by atoms with van der Waals surface area (Å²) in [5.74, 6) is 0.667. The first-order valence-corrected chi connectivity index (χ1v) is 14.8. The van der Waals surface area contributed by atoms with Crippen molar-refractivity contribution >= 4 is 15.9 Å². The number of benzene rings is 4. The van der Waals surface area contributed by atoms with Crippen molar-refractivity contribution in [3.63, 3.8) is 0 Å². The average Bonchev–Trinajstić information content (AvgIpc) is 3.09. The summed E-state index contributed by atoms with van der Waals surface area (Å²) in [5, 5.41) is 0. The molecule has 0 fully saturated rings. The summed E-state index contributed by atoms with van der Waals surface area (Å²) in [4.78, 5) is 18.7. The van der Waals surface area contributed by atoms with Crippen LogP contribution in [0, 0.1) is 0 Å². The maximum absolute atomic E-state index is 5.08. The maximum atomic E-state index is 5.08. The fraction of sp³-hybridized carbons (Fsp3) is 0. The first-order chi connectivity index (χ1) is 21.2.